The molecule has 0 saturated carbocycles. The summed E-state index contributed by atoms with van der Waals surface area (Å²) in [6.07, 6.45) is -3.86. The van der Waals surface area contributed by atoms with Crippen molar-refractivity contribution in [2.45, 2.75) is 119 Å². The molecule has 3 fully saturated rings. The maximum absolute atomic E-state index is 14.2. The quantitative estimate of drug-likeness (QED) is 0.0314. The lowest BCUT2D eigenvalue weighted by Gasteiger charge is -2.44. The summed E-state index contributed by atoms with van der Waals surface area (Å²) in [6.45, 7) is 5.87. The predicted molar refractivity (Wildman–Crippen MR) is 383 cm³/mol. The Hall–Kier alpha value is -7.55. The molecule has 1 spiro atoms. The van der Waals surface area contributed by atoms with E-state index in [0.29, 0.717) is 107 Å². The zero-order chi connectivity index (χ0) is 70.2. The average molecular weight is 1490 g/mol. The molecule has 3 aliphatic heterocycles. The number of ether oxygens (including phenoxy) is 4. The van der Waals surface area contributed by atoms with Gasteiger partial charge >= 0.3 is 24.5 Å². The van der Waals surface area contributed by atoms with Crippen LogP contribution in [0.3, 0.4) is 0 Å². The van der Waals surface area contributed by atoms with E-state index in [1.807, 2.05) is 98.0 Å². The Morgan fingerprint density at radius 1 is 0.657 bits per heavy atom. The van der Waals surface area contributed by atoms with Gasteiger partial charge in [0.05, 0.1) is 36.1 Å². The largest absolute Gasteiger partial charge is 0.449 e. The summed E-state index contributed by atoms with van der Waals surface area (Å²) in [5.74, 6) is -1.67. The average Bonchev–Trinajstić information content (AvgIpc) is 1.57. The van der Waals surface area contributed by atoms with E-state index < -0.39 is 70.7 Å². The molecule has 6 aromatic rings. The number of nitrogens with zero attached hydrogens (tertiary/aromatic N) is 5. The van der Waals surface area contributed by atoms with E-state index in [1.54, 1.807) is 16.8 Å². The maximum Gasteiger partial charge on any atom is 0.416 e. The number of hydrogen-bond acceptors (Lipinski definition) is 12. The van der Waals surface area contributed by atoms with Crippen molar-refractivity contribution in [1.29, 1.82) is 0 Å². The Balaban J connectivity index is 0.00000486. The molecule has 0 aromatic heterocycles. The smallest absolute Gasteiger partial charge is 0.416 e. The highest BCUT2D eigenvalue weighted by Crippen LogP contribution is 2.49. The molecule has 102 heavy (non-hydrogen) atoms. The summed E-state index contributed by atoms with van der Waals surface area (Å²) >= 11 is 0. The minimum atomic E-state index is -5.15. The molecule has 5 amide bonds. The van der Waals surface area contributed by atoms with E-state index in [9.17, 15) is 54.7 Å². The first kappa shape index (κ1) is 81.7. The summed E-state index contributed by atoms with van der Waals surface area (Å²) in [4.78, 5) is 74.7. The molecule has 10 rings (SSSR count). The summed E-state index contributed by atoms with van der Waals surface area (Å²) in [7, 11) is 3.57. The third kappa shape index (κ3) is 22.0. The van der Waals surface area contributed by atoms with Gasteiger partial charge in [-0.15, -0.1) is 37.2 Å². The molecule has 4 aliphatic rings. The van der Waals surface area contributed by atoms with Crippen molar-refractivity contribution in [3.63, 3.8) is 0 Å². The number of halogens is 10. The standard InChI is InChI=1S/C75H87F7N8O9.3ClH/c1-86(36-13-14-44-96-70(94)84-61-28-22-53(23-29-61)49-83-35-12-4-7-21-67(91)87(2)42-43-88-37-30-62(31-38-88)99-71(95)85-65-20-11-9-18-63(65)54-15-5-3-6-16-54)68(92)50-97-66-47-55-17-8-10-19-64(55)72(66)32-39-89(40-33-72)41-34-73(57-24-26-60(76)27-25-57)51-90(52-98-73)69(93)56-45-58(74(77,78)79)48-59(46-56)75(80,81)82;;;/h3,5-6,8-11,15-20,22-29,45-46,48,62,66,83H,4,7,12-14,21,30-44,47,49-52H2,1-2H3,(H,84,94)(H,85,95);3*1H/t66-,73-;;;/m0.../s1. The monoisotopic (exact) mass is 1480 g/mol. The zero-order valence-corrected chi connectivity index (χ0v) is 59.6. The van der Waals surface area contributed by atoms with Crippen LogP contribution in [-0.4, -0.2) is 166 Å². The van der Waals surface area contributed by atoms with E-state index in [1.165, 1.54) is 24.3 Å². The van der Waals surface area contributed by atoms with Gasteiger partial charge in [-0.25, -0.2) is 14.0 Å². The molecule has 27 heteroatoms. The zero-order valence-electron chi connectivity index (χ0n) is 57.2. The number of likely N-dealkylation sites (tertiary alicyclic amines) is 2. The molecule has 3 heterocycles. The van der Waals surface area contributed by atoms with Crippen molar-refractivity contribution in [1.82, 2.24) is 29.8 Å². The fourth-order valence-corrected chi connectivity index (χ4v) is 13.7. The van der Waals surface area contributed by atoms with Crippen LogP contribution in [0.4, 0.5) is 51.7 Å². The number of fused-ring (bicyclic) bond motifs is 2. The van der Waals surface area contributed by atoms with Gasteiger partial charge in [0, 0.05) is 88.6 Å². The highest BCUT2D eigenvalue weighted by atomic mass is 35.5. The number of carbonyl (C=O) groups excluding carboxylic acids is 5. The first-order valence-electron chi connectivity index (χ1n) is 34.0. The molecule has 0 radical (unpaired) electrons. The lowest BCUT2D eigenvalue weighted by Crippen LogP contribution is -2.50. The Bertz CT molecular complexity index is 3670. The van der Waals surface area contributed by atoms with Gasteiger partial charge in [-0.05, 0) is 160 Å². The van der Waals surface area contributed by atoms with Crippen molar-refractivity contribution >= 4 is 78.5 Å². The number of para-hydroxylation sites is 1. The molecule has 554 valence electrons. The first-order valence-corrected chi connectivity index (χ1v) is 34.0. The number of piperidine rings is 2. The van der Waals surface area contributed by atoms with Gasteiger partial charge < -0.3 is 48.8 Å². The second-order valence-corrected chi connectivity index (χ2v) is 26.2. The summed E-state index contributed by atoms with van der Waals surface area (Å²) in [6, 6.07) is 39.4. The van der Waals surface area contributed by atoms with Gasteiger partial charge in [0.1, 0.15) is 30.9 Å². The Morgan fingerprint density at radius 3 is 2.00 bits per heavy atom. The minimum Gasteiger partial charge on any atom is -0.449 e. The molecule has 0 bridgehead atoms. The lowest BCUT2D eigenvalue weighted by molar-refractivity contribution is -0.143. The topological polar surface area (TPSA) is 175 Å². The van der Waals surface area contributed by atoms with Crippen LogP contribution >= 0.6 is 37.2 Å². The Labute approximate surface area is 609 Å². The maximum atomic E-state index is 14.2. The van der Waals surface area contributed by atoms with E-state index in [0.717, 1.165) is 91.0 Å². The van der Waals surface area contributed by atoms with Gasteiger partial charge in [0.15, 0.2) is 0 Å². The fraction of sp³-hybridized carbons (Fsp3) is 0.453. The molecular formula is C75H90Cl3F7N8O9. The first-order chi connectivity index (χ1) is 47.5. The second-order valence-electron chi connectivity index (χ2n) is 26.2. The lowest BCUT2D eigenvalue weighted by atomic mass is 9.72. The van der Waals surface area contributed by atoms with Gasteiger partial charge in [-0.3, -0.25) is 25.0 Å². The van der Waals surface area contributed by atoms with Crippen LogP contribution in [0.5, 0.6) is 0 Å². The van der Waals surface area contributed by atoms with E-state index in [4.69, 9.17) is 18.9 Å². The number of amides is 5. The molecule has 1 aliphatic carbocycles. The van der Waals surface area contributed by atoms with E-state index >= 15 is 0 Å². The number of nitrogens with one attached hydrogen (secondary N) is 3. The highest BCUT2D eigenvalue weighted by molar-refractivity contribution is 5.95. The number of alkyl halides is 6. The summed E-state index contributed by atoms with van der Waals surface area (Å²) in [5, 5.41) is 9.15. The van der Waals surface area contributed by atoms with Crippen LogP contribution in [0.15, 0.2) is 146 Å². The van der Waals surface area contributed by atoms with Gasteiger partial charge in [0.2, 0.25) is 11.8 Å². The van der Waals surface area contributed by atoms with Crippen molar-refractivity contribution < 1.29 is 73.7 Å². The number of likely N-dealkylation sites (N-methyl/N-ethyl adjacent to an activating group) is 2. The highest BCUT2D eigenvalue weighted by Gasteiger charge is 2.50. The SMILES string of the molecule is CN(CCN1CCC(OC(=O)Nc2ccccc2-c2ccccc2)CC1)C(=O)CCCCCNCc1ccc(NC(=O)OCCCCN(C)C(=O)CO[C@H]2Cc3ccccc3C23CCN(CC[C@@]2(c4ccc(F)cc4)CN(C(=O)c4cc(C(F)(F)F)cc(C(F)(F)F)c4)CO2)CC3)cc1.Cl.Cl.Cl. The minimum absolute atomic E-state index is 0. The Kier molecular flexibility index (Phi) is 30.3. The summed E-state index contributed by atoms with van der Waals surface area (Å²) < 4.78 is 121. The number of unbranched alkanes of at least 4 members (excludes halogenated alkanes) is 3. The predicted octanol–water partition coefficient (Wildman–Crippen LogP) is 14.8. The Morgan fingerprint density at radius 2 is 1.30 bits per heavy atom. The fourth-order valence-electron chi connectivity index (χ4n) is 13.7. The molecule has 6 aromatic carbocycles. The number of anilines is 2. The number of carbonyl (C=O) groups is 5. The van der Waals surface area contributed by atoms with Crippen molar-refractivity contribution in [2.24, 2.45) is 0 Å². The number of rotatable bonds is 28. The third-order valence-corrected chi connectivity index (χ3v) is 19.6. The third-order valence-electron chi connectivity index (χ3n) is 19.6. The molecule has 2 atom stereocenters. The normalized spacial score (nSPS) is 17.5. The molecule has 3 N–H and O–H groups in total. The molecule has 0 unspecified atom stereocenters. The molecule has 17 nitrogen and oxygen atoms in total. The van der Waals surface area contributed by atoms with Crippen LogP contribution in [0, 0.1) is 5.82 Å². The van der Waals surface area contributed by atoms with Crippen molar-refractivity contribution in [2.75, 3.05) is 110 Å². The van der Waals surface area contributed by atoms with Gasteiger partial charge in [0.25, 0.3) is 5.91 Å². The van der Waals surface area contributed by atoms with Gasteiger partial charge in [-0.2, -0.15) is 26.3 Å². The number of hydrogen-bond donors (Lipinski definition) is 3. The molecule has 3 saturated heterocycles. The van der Waals surface area contributed by atoms with Crippen molar-refractivity contribution in [3.8, 4) is 11.1 Å². The molecular weight excluding hydrogens is 1400 g/mol. The van der Waals surface area contributed by atoms with E-state index in [2.05, 4.69) is 37.9 Å². The van der Waals surface area contributed by atoms with Crippen LogP contribution in [0.2, 0.25) is 0 Å². The number of benzene rings is 6. The van der Waals surface area contributed by atoms with Crippen LogP contribution < -0.4 is 16.0 Å². The van der Waals surface area contributed by atoms with E-state index in [-0.39, 0.29) is 93.5 Å². The summed E-state index contributed by atoms with van der Waals surface area (Å²) in [5.41, 5.74) is 1.41. The van der Waals surface area contributed by atoms with Crippen LogP contribution in [0.25, 0.3) is 11.1 Å². The second kappa shape index (κ2) is 37.8. The van der Waals surface area contributed by atoms with Gasteiger partial charge in [-0.1, -0.05) is 103 Å². The van der Waals surface area contributed by atoms with Crippen LogP contribution in [-0.2, 0) is 64.9 Å². The van der Waals surface area contributed by atoms with Crippen molar-refractivity contribution in [3.05, 3.63) is 190 Å². The van der Waals surface area contributed by atoms with Crippen LogP contribution in [0.1, 0.15) is 114 Å².